The number of hydrogen-bond donors (Lipinski definition) is 2. The third-order valence-corrected chi connectivity index (χ3v) is 10.4. The first-order chi connectivity index (χ1) is 24.0. The lowest BCUT2D eigenvalue weighted by atomic mass is 9.65. The summed E-state index contributed by atoms with van der Waals surface area (Å²) in [5.74, 6) is 1.38. The minimum Gasteiger partial charge on any atom is -0.507 e. The van der Waals surface area contributed by atoms with E-state index in [-0.39, 0.29) is 22.4 Å². The number of nitrogens with zero attached hydrogens (tertiary/aromatic N) is 2. The Balaban J connectivity index is 1.39. The average Bonchev–Trinajstić information content (AvgIpc) is 3.11. The zero-order valence-electron chi connectivity index (χ0n) is 28.7. The second-order valence-electron chi connectivity index (χ2n) is 14.5. The lowest BCUT2D eigenvalue weighted by Crippen LogP contribution is -2.33. The molecule has 0 saturated heterocycles. The largest absolute Gasteiger partial charge is 0.507 e. The number of nitrogens with one attached hydrogen (secondary N) is 1. The van der Waals surface area contributed by atoms with E-state index in [2.05, 4.69) is 52.1 Å². The number of aromatic nitrogens is 2. The minimum absolute atomic E-state index is 0.0497. The van der Waals surface area contributed by atoms with Gasteiger partial charge in [-0.3, -0.25) is 4.79 Å². The molecule has 0 spiro atoms. The van der Waals surface area contributed by atoms with Gasteiger partial charge in [0.05, 0.1) is 22.5 Å². The highest BCUT2D eigenvalue weighted by atomic mass is 16.5. The number of rotatable bonds is 6. The van der Waals surface area contributed by atoms with Crippen molar-refractivity contribution in [2.45, 2.75) is 40.0 Å². The Kier molecular flexibility index (Phi) is 7.23. The van der Waals surface area contributed by atoms with Crippen molar-refractivity contribution < 1.29 is 14.6 Å². The highest BCUT2D eigenvalue weighted by molar-refractivity contribution is 6.28. The van der Waals surface area contributed by atoms with Crippen LogP contribution in [0.3, 0.4) is 0 Å². The molecule has 6 heteroatoms. The highest BCUT2D eigenvalue weighted by Crippen LogP contribution is 2.48. The van der Waals surface area contributed by atoms with Crippen LogP contribution in [0, 0.1) is 5.41 Å². The van der Waals surface area contributed by atoms with Crippen LogP contribution in [0.4, 0.5) is 11.4 Å². The summed E-state index contributed by atoms with van der Waals surface area (Å²) in [7, 11) is 0. The zero-order valence-corrected chi connectivity index (χ0v) is 28.7. The molecule has 50 heavy (non-hydrogen) atoms. The van der Waals surface area contributed by atoms with Gasteiger partial charge in [-0.1, -0.05) is 113 Å². The van der Waals surface area contributed by atoms with E-state index in [1.165, 1.54) is 5.56 Å². The molecule has 0 radical (unpaired) electrons. The lowest BCUT2D eigenvalue weighted by molar-refractivity contribution is 0.104. The first-order valence-electron chi connectivity index (χ1n) is 16.8. The summed E-state index contributed by atoms with van der Waals surface area (Å²) >= 11 is 0. The van der Waals surface area contributed by atoms with Crippen LogP contribution in [0.25, 0.3) is 44.3 Å². The standard InChI is InChI=1S/C44H37N3O3/c1-43(2,3)44(4,5)28-19-21-30(22-20-28)50-36-25-34(45-29-15-7-6-8-16-29)37-38-39(31-17-11-12-18-32(31)41(37)49)46-42(47-40(36)38)33-23-26-13-9-10-14-27(26)24-35(33)48/h6-25,45,48H,1-5H3. The monoisotopic (exact) mass is 655 g/mol. The van der Waals surface area contributed by atoms with E-state index < -0.39 is 0 Å². The van der Waals surface area contributed by atoms with E-state index >= 15 is 0 Å². The van der Waals surface area contributed by atoms with Crippen molar-refractivity contribution in [3.05, 3.63) is 138 Å². The first-order valence-corrected chi connectivity index (χ1v) is 16.8. The van der Waals surface area contributed by atoms with Crippen molar-refractivity contribution in [2.24, 2.45) is 5.41 Å². The number of carbonyl (C=O) groups is 1. The van der Waals surface area contributed by atoms with E-state index in [1.807, 2.05) is 103 Å². The number of phenolic OH excluding ortho intramolecular Hbond substituents is 1. The average molecular weight is 656 g/mol. The number of fused-ring (bicyclic) bond motifs is 3. The fraction of sp³-hybridized carbons (Fsp3) is 0.159. The van der Waals surface area contributed by atoms with Gasteiger partial charge in [0.1, 0.15) is 17.0 Å². The Morgan fingerprint density at radius 1 is 0.680 bits per heavy atom. The maximum Gasteiger partial charge on any atom is 0.196 e. The van der Waals surface area contributed by atoms with E-state index in [4.69, 9.17) is 14.7 Å². The topological polar surface area (TPSA) is 84.3 Å². The molecule has 0 aliphatic heterocycles. The van der Waals surface area contributed by atoms with Crippen LogP contribution in [0.15, 0.2) is 121 Å². The summed E-state index contributed by atoms with van der Waals surface area (Å²) in [6, 6.07) is 38.8. The molecule has 1 aromatic heterocycles. The molecule has 2 N–H and O–H groups in total. The number of carbonyl (C=O) groups excluding carboxylic acids is 1. The number of hydrogen-bond acceptors (Lipinski definition) is 6. The van der Waals surface area contributed by atoms with Crippen LogP contribution >= 0.6 is 0 Å². The molecule has 1 aliphatic carbocycles. The van der Waals surface area contributed by atoms with Gasteiger partial charge in [0, 0.05) is 28.3 Å². The van der Waals surface area contributed by atoms with Gasteiger partial charge in [-0.15, -0.1) is 0 Å². The minimum atomic E-state index is -0.123. The maximum atomic E-state index is 14.4. The number of phenols is 1. The predicted molar refractivity (Wildman–Crippen MR) is 202 cm³/mol. The van der Waals surface area contributed by atoms with Gasteiger partial charge in [0.2, 0.25) is 0 Å². The van der Waals surface area contributed by atoms with Gasteiger partial charge in [-0.05, 0) is 63.6 Å². The summed E-state index contributed by atoms with van der Waals surface area (Å²) in [4.78, 5) is 24.5. The Morgan fingerprint density at radius 3 is 2.02 bits per heavy atom. The molecular formula is C44H37N3O3. The van der Waals surface area contributed by atoms with Gasteiger partial charge in [-0.25, -0.2) is 9.97 Å². The second kappa shape index (κ2) is 11.6. The number of anilines is 2. The van der Waals surface area contributed by atoms with Gasteiger partial charge >= 0.3 is 0 Å². The van der Waals surface area contributed by atoms with Crippen LogP contribution in [0.2, 0.25) is 0 Å². The quantitative estimate of drug-likeness (QED) is 0.185. The SMILES string of the molecule is CC(C)(C)C(C)(C)c1ccc(Oc2cc(Nc3ccccc3)c3c4c(nc(-c5cc6ccccc6cc5O)nc24)-c2ccccc2C3=O)cc1. The molecule has 8 rings (SSSR count). The molecule has 246 valence electrons. The molecule has 0 unspecified atom stereocenters. The van der Waals surface area contributed by atoms with Crippen LogP contribution in [0.1, 0.15) is 56.1 Å². The molecular weight excluding hydrogens is 619 g/mol. The van der Waals surface area contributed by atoms with Crippen molar-refractivity contribution in [3.63, 3.8) is 0 Å². The Hall–Kier alpha value is -6.01. The van der Waals surface area contributed by atoms with Crippen LogP contribution in [0.5, 0.6) is 17.2 Å². The van der Waals surface area contributed by atoms with Crippen LogP contribution in [-0.2, 0) is 5.41 Å². The summed E-state index contributed by atoms with van der Waals surface area (Å²) in [5, 5.41) is 17.2. The fourth-order valence-corrected chi connectivity index (χ4v) is 6.62. The summed E-state index contributed by atoms with van der Waals surface area (Å²) in [6.45, 7) is 11.3. The van der Waals surface area contributed by atoms with Crippen molar-refractivity contribution >= 4 is 38.8 Å². The summed E-state index contributed by atoms with van der Waals surface area (Å²) < 4.78 is 6.71. The third kappa shape index (κ3) is 5.15. The van der Waals surface area contributed by atoms with Crippen molar-refractivity contribution in [3.8, 4) is 39.9 Å². The molecule has 6 nitrogen and oxygen atoms in total. The number of benzene rings is 6. The molecule has 0 bridgehead atoms. The first kappa shape index (κ1) is 31.3. The normalized spacial score (nSPS) is 12.6. The summed E-state index contributed by atoms with van der Waals surface area (Å²) in [5.41, 5.74) is 5.91. The maximum absolute atomic E-state index is 14.4. The highest BCUT2D eigenvalue weighted by Gasteiger charge is 2.35. The Labute approximate surface area is 291 Å². The van der Waals surface area contributed by atoms with Crippen LogP contribution in [-0.4, -0.2) is 20.9 Å². The molecule has 1 heterocycles. The smallest absolute Gasteiger partial charge is 0.196 e. The van der Waals surface area contributed by atoms with E-state index in [0.29, 0.717) is 61.9 Å². The fourth-order valence-electron chi connectivity index (χ4n) is 6.62. The number of ether oxygens (including phenoxy) is 1. The van der Waals surface area contributed by atoms with E-state index in [0.717, 1.165) is 16.5 Å². The molecule has 7 aromatic rings. The molecule has 0 amide bonds. The zero-order chi connectivity index (χ0) is 34.8. The lowest BCUT2D eigenvalue weighted by Gasteiger charge is -2.39. The van der Waals surface area contributed by atoms with Crippen LogP contribution < -0.4 is 10.1 Å². The second-order valence-corrected chi connectivity index (χ2v) is 14.5. The Bertz CT molecular complexity index is 2460. The van der Waals surface area contributed by atoms with Gasteiger partial charge in [0.15, 0.2) is 17.4 Å². The van der Waals surface area contributed by atoms with E-state index in [9.17, 15) is 9.90 Å². The van der Waals surface area contributed by atoms with Crippen molar-refractivity contribution in [1.82, 2.24) is 9.97 Å². The predicted octanol–water partition coefficient (Wildman–Crippen LogP) is 11.2. The van der Waals surface area contributed by atoms with Gasteiger partial charge in [-0.2, -0.15) is 0 Å². The van der Waals surface area contributed by atoms with Gasteiger partial charge in [0.25, 0.3) is 0 Å². The molecule has 0 saturated carbocycles. The van der Waals surface area contributed by atoms with Crippen molar-refractivity contribution in [2.75, 3.05) is 5.32 Å². The molecule has 1 aliphatic rings. The number of para-hydroxylation sites is 1. The third-order valence-electron chi connectivity index (χ3n) is 10.4. The van der Waals surface area contributed by atoms with Gasteiger partial charge < -0.3 is 15.2 Å². The van der Waals surface area contributed by atoms with E-state index in [1.54, 1.807) is 6.07 Å². The number of aromatic hydroxyl groups is 1. The number of ketones is 1. The molecule has 0 atom stereocenters. The Morgan fingerprint density at radius 2 is 1.32 bits per heavy atom. The molecule has 6 aromatic carbocycles. The van der Waals surface area contributed by atoms with Crippen molar-refractivity contribution in [1.29, 1.82) is 0 Å². The molecule has 0 fully saturated rings. The summed E-state index contributed by atoms with van der Waals surface area (Å²) in [6.07, 6.45) is 0.